The quantitative estimate of drug-likeness (QED) is 0.600. The average molecular weight is 392 g/mol. The zero-order valence-electron chi connectivity index (χ0n) is 16.3. The second kappa shape index (κ2) is 8.36. The number of hydrogen-bond donors (Lipinski definition) is 3. The average Bonchev–Trinajstić information content (AvgIpc) is 3.12. The second-order valence-electron chi connectivity index (χ2n) is 7.22. The number of aromatic amines is 1. The van der Waals surface area contributed by atoms with Crippen molar-refractivity contribution < 1.29 is 14.6 Å². The van der Waals surface area contributed by atoms with Crippen LogP contribution in [0.2, 0.25) is 0 Å². The molecule has 0 aliphatic carbocycles. The fourth-order valence-electron chi connectivity index (χ4n) is 3.45. The molecule has 0 bridgehead atoms. The molecule has 0 spiro atoms. The molecule has 1 aliphatic heterocycles. The zero-order chi connectivity index (χ0) is 20.2. The summed E-state index contributed by atoms with van der Waals surface area (Å²) in [5.41, 5.74) is 3.37. The molecule has 3 N–H and O–H groups in total. The summed E-state index contributed by atoms with van der Waals surface area (Å²) < 4.78 is 5.64. The number of anilines is 1. The monoisotopic (exact) mass is 392 g/mol. The summed E-state index contributed by atoms with van der Waals surface area (Å²) in [5.74, 6) is 0.981. The van der Waals surface area contributed by atoms with E-state index < -0.39 is 6.10 Å². The molecule has 2 heterocycles. The highest BCUT2D eigenvalue weighted by Crippen LogP contribution is 2.25. The molecule has 0 fully saturated rings. The molecule has 1 amide bonds. The SMILES string of the molecule is CC(Oc1ccc(O)cc1)C(=O)Nc1n[nH]c2c1CCN(Cc1ccccc1)C2. The van der Waals surface area contributed by atoms with Gasteiger partial charge in [-0.2, -0.15) is 5.10 Å². The molecule has 150 valence electrons. The Balaban J connectivity index is 1.36. The normalized spacial score (nSPS) is 14.8. The number of amides is 1. The fraction of sp³-hybridized carbons (Fsp3) is 0.273. The summed E-state index contributed by atoms with van der Waals surface area (Å²) in [5, 5.41) is 19.6. The number of hydrogen-bond acceptors (Lipinski definition) is 5. The van der Waals surface area contributed by atoms with Gasteiger partial charge in [-0.15, -0.1) is 0 Å². The minimum Gasteiger partial charge on any atom is -0.508 e. The molecule has 1 aliphatic rings. The van der Waals surface area contributed by atoms with Crippen molar-refractivity contribution in [3.05, 3.63) is 71.4 Å². The van der Waals surface area contributed by atoms with E-state index in [-0.39, 0.29) is 11.7 Å². The lowest BCUT2D eigenvalue weighted by atomic mass is 10.1. The van der Waals surface area contributed by atoms with E-state index in [1.807, 2.05) is 6.07 Å². The minimum absolute atomic E-state index is 0.152. The van der Waals surface area contributed by atoms with E-state index in [1.54, 1.807) is 19.1 Å². The molecule has 4 rings (SSSR count). The molecule has 1 atom stereocenters. The Hall–Kier alpha value is -3.32. The highest BCUT2D eigenvalue weighted by molar-refractivity contribution is 5.94. The van der Waals surface area contributed by atoms with E-state index in [4.69, 9.17) is 4.74 Å². The van der Waals surface area contributed by atoms with Gasteiger partial charge in [-0.1, -0.05) is 30.3 Å². The van der Waals surface area contributed by atoms with E-state index in [2.05, 4.69) is 44.7 Å². The first-order chi connectivity index (χ1) is 14.1. The number of benzene rings is 2. The van der Waals surface area contributed by atoms with Gasteiger partial charge in [-0.25, -0.2) is 0 Å². The lowest BCUT2D eigenvalue weighted by molar-refractivity contribution is -0.122. The van der Waals surface area contributed by atoms with Crippen LogP contribution in [0.3, 0.4) is 0 Å². The van der Waals surface area contributed by atoms with Crippen LogP contribution in [0.25, 0.3) is 0 Å². The summed E-state index contributed by atoms with van der Waals surface area (Å²) in [4.78, 5) is 14.9. The molecule has 1 unspecified atom stereocenters. The van der Waals surface area contributed by atoms with Crippen LogP contribution in [0.4, 0.5) is 5.82 Å². The number of carbonyl (C=O) groups is 1. The van der Waals surface area contributed by atoms with Gasteiger partial charge in [0.1, 0.15) is 11.5 Å². The van der Waals surface area contributed by atoms with Crippen molar-refractivity contribution in [3.63, 3.8) is 0 Å². The molecule has 0 saturated carbocycles. The number of ether oxygens (including phenoxy) is 1. The summed E-state index contributed by atoms with van der Waals surface area (Å²) in [6.45, 7) is 4.25. The van der Waals surface area contributed by atoms with Crippen LogP contribution in [-0.2, 0) is 24.3 Å². The molecular formula is C22H24N4O3. The molecule has 0 radical (unpaired) electrons. The first-order valence-electron chi connectivity index (χ1n) is 9.67. The summed E-state index contributed by atoms with van der Waals surface area (Å²) in [6, 6.07) is 16.7. The number of aromatic nitrogens is 2. The van der Waals surface area contributed by atoms with Crippen LogP contribution < -0.4 is 10.1 Å². The molecule has 0 saturated heterocycles. The van der Waals surface area contributed by atoms with Crippen molar-refractivity contribution >= 4 is 11.7 Å². The van der Waals surface area contributed by atoms with Gasteiger partial charge < -0.3 is 15.2 Å². The van der Waals surface area contributed by atoms with E-state index in [0.717, 1.165) is 37.3 Å². The minimum atomic E-state index is -0.690. The zero-order valence-corrected chi connectivity index (χ0v) is 16.3. The van der Waals surface area contributed by atoms with Gasteiger partial charge in [0.05, 0.1) is 5.69 Å². The molecular weight excluding hydrogens is 368 g/mol. The Bertz CT molecular complexity index is 969. The summed E-state index contributed by atoms with van der Waals surface area (Å²) >= 11 is 0. The maximum absolute atomic E-state index is 12.5. The number of aromatic hydroxyl groups is 1. The van der Waals surface area contributed by atoms with E-state index in [0.29, 0.717) is 11.6 Å². The third-order valence-electron chi connectivity index (χ3n) is 5.02. The van der Waals surface area contributed by atoms with E-state index >= 15 is 0 Å². The molecule has 2 aromatic carbocycles. The third-order valence-corrected chi connectivity index (χ3v) is 5.02. The predicted octanol–water partition coefficient (Wildman–Crippen LogP) is 3.08. The number of phenols is 1. The Kier molecular flexibility index (Phi) is 5.48. The third kappa shape index (κ3) is 4.57. The summed E-state index contributed by atoms with van der Waals surface area (Å²) in [7, 11) is 0. The molecule has 3 aromatic rings. The van der Waals surface area contributed by atoms with E-state index in [9.17, 15) is 9.90 Å². The van der Waals surface area contributed by atoms with Crippen molar-refractivity contribution in [2.75, 3.05) is 11.9 Å². The highest BCUT2D eigenvalue weighted by atomic mass is 16.5. The van der Waals surface area contributed by atoms with Gasteiger partial charge >= 0.3 is 0 Å². The van der Waals surface area contributed by atoms with E-state index in [1.165, 1.54) is 17.7 Å². The van der Waals surface area contributed by atoms with Crippen LogP contribution >= 0.6 is 0 Å². The number of rotatable bonds is 6. The van der Waals surface area contributed by atoms with Crippen molar-refractivity contribution in [1.29, 1.82) is 0 Å². The van der Waals surface area contributed by atoms with Gasteiger partial charge in [0, 0.05) is 25.2 Å². The largest absolute Gasteiger partial charge is 0.508 e. The number of phenolic OH excluding ortho intramolecular Hbond substituents is 1. The van der Waals surface area contributed by atoms with Crippen molar-refractivity contribution in [2.45, 2.75) is 32.5 Å². The number of fused-ring (bicyclic) bond motifs is 1. The Morgan fingerprint density at radius 2 is 2.00 bits per heavy atom. The van der Waals surface area contributed by atoms with Crippen molar-refractivity contribution in [2.24, 2.45) is 0 Å². The highest BCUT2D eigenvalue weighted by Gasteiger charge is 2.24. The van der Waals surface area contributed by atoms with Crippen LogP contribution in [0.5, 0.6) is 11.5 Å². The van der Waals surface area contributed by atoms with Crippen molar-refractivity contribution in [1.82, 2.24) is 15.1 Å². The lowest BCUT2D eigenvalue weighted by Gasteiger charge is -2.26. The first-order valence-corrected chi connectivity index (χ1v) is 9.67. The lowest BCUT2D eigenvalue weighted by Crippen LogP contribution is -2.32. The Morgan fingerprint density at radius 1 is 1.24 bits per heavy atom. The van der Waals surface area contributed by atoms with Gasteiger partial charge in [0.15, 0.2) is 11.9 Å². The standard InChI is InChI=1S/C22H24N4O3/c1-15(29-18-9-7-17(27)8-10-18)22(28)23-21-19-11-12-26(14-20(19)24-25-21)13-16-5-3-2-4-6-16/h2-10,15,27H,11-14H2,1H3,(H2,23,24,25,28). The second-order valence-corrected chi connectivity index (χ2v) is 7.22. The molecule has 1 aromatic heterocycles. The van der Waals surface area contributed by atoms with Crippen LogP contribution in [0.15, 0.2) is 54.6 Å². The number of nitrogens with one attached hydrogen (secondary N) is 2. The van der Waals surface area contributed by atoms with Gasteiger partial charge in [0.25, 0.3) is 5.91 Å². The van der Waals surface area contributed by atoms with Gasteiger partial charge in [-0.05, 0) is 43.2 Å². The smallest absolute Gasteiger partial charge is 0.266 e. The maximum atomic E-state index is 12.5. The Labute approximate surface area is 169 Å². The Morgan fingerprint density at radius 3 is 2.76 bits per heavy atom. The molecule has 7 heteroatoms. The molecule has 7 nitrogen and oxygen atoms in total. The number of nitrogens with zero attached hydrogens (tertiary/aromatic N) is 2. The number of carbonyl (C=O) groups excluding carboxylic acids is 1. The van der Waals surface area contributed by atoms with Crippen LogP contribution in [0.1, 0.15) is 23.7 Å². The van der Waals surface area contributed by atoms with Crippen LogP contribution in [-0.4, -0.2) is 38.8 Å². The van der Waals surface area contributed by atoms with Crippen molar-refractivity contribution in [3.8, 4) is 11.5 Å². The number of H-pyrrole nitrogens is 1. The fourth-order valence-corrected chi connectivity index (χ4v) is 3.45. The van der Waals surface area contributed by atoms with Gasteiger partial charge in [-0.3, -0.25) is 14.8 Å². The summed E-state index contributed by atoms with van der Waals surface area (Å²) in [6.07, 6.45) is 0.131. The molecule has 29 heavy (non-hydrogen) atoms. The first kappa shape index (κ1) is 19.0. The maximum Gasteiger partial charge on any atom is 0.266 e. The van der Waals surface area contributed by atoms with Crippen LogP contribution in [0, 0.1) is 0 Å². The topological polar surface area (TPSA) is 90.5 Å². The predicted molar refractivity (Wildman–Crippen MR) is 110 cm³/mol. The van der Waals surface area contributed by atoms with Gasteiger partial charge in [0.2, 0.25) is 0 Å².